The molecule has 0 spiro atoms. The number of para-hydroxylation sites is 1. The summed E-state index contributed by atoms with van der Waals surface area (Å²) in [7, 11) is 1.76. The van der Waals surface area contributed by atoms with Crippen LogP contribution in [0.15, 0.2) is 48.5 Å². The maximum Gasteiger partial charge on any atom is 0.258 e. The molecule has 0 saturated carbocycles. The van der Waals surface area contributed by atoms with Crippen molar-refractivity contribution < 1.29 is 14.3 Å². The molecule has 0 fully saturated rings. The van der Waals surface area contributed by atoms with Gasteiger partial charge in [0.15, 0.2) is 11.5 Å². The maximum atomic E-state index is 12.5. The predicted octanol–water partition coefficient (Wildman–Crippen LogP) is 2.73. The fourth-order valence-corrected chi connectivity index (χ4v) is 2.14. The first kappa shape index (κ1) is 12.5. The van der Waals surface area contributed by atoms with Crippen molar-refractivity contribution in [2.75, 3.05) is 25.2 Å². The van der Waals surface area contributed by atoms with E-state index in [0.717, 1.165) is 5.69 Å². The van der Waals surface area contributed by atoms with Crippen molar-refractivity contribution in [2.45, 2.75) is 0 Å². The van der Waals surface area contributed by atoms with E-state index in [9.17, 15) is 4.79 Å². The van der Waals surface area contributed by atoms with E-state index in [1.807, 2.05) is 30.3 Å². The van der Waals surface area contributed by atoms with E-state index in [1.165, 1.54) is 0 Å². The monoisotopic (exact) mass is 269 g/mol. The normalized spacial score (nSPS) is 12.8. The van der Waals surface area contributed by atoms with Gasteiger partial charge in [-0.05, 0) is 30.3 Å². The largest absolute Gasteiger partial charge is 0.486 e. The SMILES string of the molecule is CN(C(=O)c1ccc2c(c1)OCCO2)c1ccccc1. The van der Waals surface area contributed by atoms with Gasteiger partial charge in [-0.25, -0.2) is 0 Å². The number of hydrogen-bond donors (Lipinski definition) is 0. The minimum atomic E-state index is -0.0758. The molecule has 0 saturated heterocycles. The molecule has 0 aliphatic carbocycles. The van der Waals surface area contributed by atoms with Crippen molar-refractivity contribution in [1.82, 2.24) is 0 Å². The number of benzene rings is 2. The topological polar surface area (TPSA) is 38.8 Å². The first-order valence-corrected chi connectivity index (χ1v) is 6.48. The number of ether oxygens (including phenoxy) is 2. The highest BCUT2D eigenvalue weighted by Gasteiger charge is 2.18. The second-order valence-electron chi connectivity index (χ2n) is 4.56. The van der Waals surface area contributed by atoms with Crippen molar-refractivity contribution in [1.29, 1.82) is 0 Å². The first-order chi connectivity index (χ1) is 9.75. The highest BCUT2D eigenvalue weighted by atomic mass is 16.6. The van der Waals surface area contributed by atoms with Crippen molar-refractivity contribution in [3.05, 3.63) is 54.1 Å². The molecule has 0 bridgehead atoms. The number of fused-ring (bicyclic) bond motifs is 1. The molecule has 0 atom stereocenters. The van der Waals surface area contributed by atoms with Crippen LogP contribution in [-0.2, 0) is 0 Å². The maximum absolute atomic E-state index is 12.5. The van der Waals surface area contributed by atoms with Crippen LogP contribution in [0.2, 0.25) is 0 Å². The molecule has 0 radical (unpaired) electrons. The summed E-state index contributed by atoms with van der Waals surface area (Å²) in [5.41, 5.74) is 1.44. The molecule has 0 unspecified atom stereocenters. The number of carbonyl (C=O) groups excluding carboxylic acids is 1. The van der Waals surface area contributed by atoms with E-state index < -0.39 is 0 Å². The van der Waals surface area contributed by atoms with Crippen molar-refractivity contribution >= 4 is 11.6 Å². The molecule has 4 heteroatoms. The Morgan fingerprint density at radius 3 is 2.45 bits per heavy atom. The van der Waals surface area contributed by atoms with Crippen LogP contribution >= 0.6 is 0 Å². The Balaban J connectivity index is 1.87. The zero-order valence-electron chi connectivity index (χ0n) is 11.2. The second-order valence-corrected chi connectivity index (χ2v) is 4.56. The first-order valence-electron chi connectivity index (χ1n) is 6.48. The fourth-order valence-electron chi connectivity index (χ4n) is 2.14. The van der Waals surface area contributed by atoms with Gasteiger partial charge in [0.05, 0.1) is 0 Å². The summed E-state index contributed by atoms with van der Waals surface area (Å²) in [6.07, 6.45) is 0. The Kier molecular flexibility index (Phi) is 3.29. The standard InChI is InChI=1S/C16H15NO3/c1-17(13-5-3-2-4-6-13)16(18)12-7-8-14-15(11-12)20-10-9-19-14/h2-8,11H,9-10H2,1H3. The molecule has 1 amide bonds. The number of amides is 1. The van der Waals surface area contributed by atoms with Gasteiger partial charge in [-0.1, -0.05) is 18.2 Å². The molecule has 2 aromatic rings. The van der Waals surface area contributed by atoms with Crippen molar-refractivity contribution in [2.24, 2.45) is 0 Å². The summed E-state index contributed by atoms with van der Waals surface area (Å²) >= 11 is 0. The zero-order chi connectivity index (χ0) is 13.9. The molecule has 0 N–H and O–H groups in total. The molecule has 3 rings (SSSR count). The van der Waals surface area contributed by atoms with Gasteiger partial charge in [0.25, 0.3) is 5.91 Å². The van der Waals surface area contributed by atoms with Crippen LogP contribution in [-0.4, -0.2) is 26.2 Å². The number of nitrogens with zero attached hydrogens (tertiary/aromatic N) is 1. The predicted molar refractivity (Wildman–Crippen MR) is 76.6 cm³/mol. The molecule has 1 aliphatic rings. The van der Waals surface area contributed by atoms with Crippen LogP contribution in [0, 0.1) is 0 Å². The van der Waals surface area contributed by atoms with Crippen LogP contribution < -0.4 is 14.4 Å². The average molecular weight is 269 g/mol. The van der Waals surface area contributed by atoms with E-state index in [4.69, 9.17) is 9.47 Å². The summed E-state index contributed by atoms with van der Waals surface area (Å²) < 4.78 is 11.0. The van der Waals surface area contributed by atoms with Crippen molar-refractivity contribution in [3.63, 3.8) is 0 Å². The Hall–Kier alpha value is -2.49. The fraction of sp³-hybridized carbons (Fsp3) is 0.188. The number of rotatable bonds is 2. The van der Waals surface area contributed by atoms with E-state index in [2.05, 4.69) is 0 Å². The minimum Gasteiger partial charge on any atom is -0.486 e. The van der Waals surface area contributed by atoms with Crippen LogP contribution in [0.1, 0.15) is 10.4 Å². The lowest BCUT2D eigenvalue weighted by atomic mass is 10.1. The summed E-state index contributed by atoms with van der Waals surface area (Å²) in [5.74, 6) is 1.24. The molecule has 102 valence electrons. The number of hydrogen-bond acceptors (Lipinski definition) is 3. The Bertz CT molecular complexity index is 625. The van der Waals surface area contributed by atoms with Gasteiger partial charge in [0.1, 0.15) is 13.2 Å². The summed E-state index contributed by atoms with van der Waals surface area (Å²) in [4.78, 5) is 14.1. The van der Waals surface area contributed by atoms with Gasteiger partial charge in [-0.15, -0.1) is 0 Å². The third kappa shape index (κ3) is 2.32. The Morgan fingerprint density at radius 2 is 1.70 bits per heavy atom. The highest BCUT2D eigenvalue weighted by molar-refractivity contribution is 6.06. The van der Waals surface area contributed by atoms with Crippen LogP contribution in [0.3, 0.4) is 0 Å². The molecule has 20 heavy (non-hydrogen) atoms. The Labute approximate surface area is 117 Å². The molecular weight excluding hydrogens is 254 g/mol. The highest BCUT2D eigenvalue weighted by Crippen LogP contribution is 2.31. The van der Waals surface area contributed by atoms with Crippen LogP contribution in [0.5, 0.6) is 11.5 Å². The summed E-state index contributed by atoms with van der Waals surface area (Å²) in [5, 5.41) is 0. The second kappa shape index (κ2) is 5.25. The molecule has 0 aromatic heterocycles. The van der Waals surface area contributed by atoms with Crippen molar-refractivity contribution in [3.8, 4) is 11.5 Å². The zero-order valence-corrected chi connectivity index (χ0v) is 11.2. The molecular formula is C16H15NO3. The van der Waals surface area contributed by atoms with E-state index in [0.29, 0.717) is 30.3 Å². The van der Waals surface area contributed by atoms with Crippen LogP contribution in [0.25, 0.3) is 0 Å². The third-order valence-electron chi connectivity index (χ3n) is 3.24. The lowest BCUT2D eigenvalue weighted by molar-refractivity contribution is 0.0991. The van der Waals surface area contributed by atoms with Gasteiger partial charge >= 0.3 is 0 Å². The number of carbonyl (C=O) groups is 1. The van der Waals surface area contributed by atoms with E-state index >= 15 is 0 Å². The lowest BCUT2D eigenvalue weighted by Crippen LogP contribution is -2.26. The molecule has 1 heterocycles. The average Bonchev–Trinajstić information content (AvgIpc) is 2.54. The van der Waals surface area contributed by atoms with E-state index in [1.54, 1.807) is 30.1 Å². The molecule has 4 nitrogen and oxygen atoms in total. The quantitative estimate of drug-likeness (QED) is 0.841. The van der Waals surface area contributed by atoms with Gasteiger partial charge in [0.2, 0.25) is 0 Å². The third-order valence-corrected chi connectivity index (χ3v) is 3.24. The molecule has 1 aliphatic heterocycles. The van der Waals surface area contributed by atoms with Gasteiger partial charge in [-0.3, -0.25) is 4.79 Å². The summed E-state index contributed by atoms with van der Waals surface area (Å²) in [6.45, 7) is 1.06. The Morgan fingerprint density at radius 1 is 1.00 bits per heavy atom. The van der Waals surface area contributed by atoms with E-state index in [-0.39, 0.29) is 5.91 Å². The van der Waals surface area contributed by atoms with Gasteiger partial charge in [-0.2, -0.15) is 0 Å². The summed E-state index contributed by atoms with van der Waals surface area (Å²) in [6, 6.07) is 14.8. The lowest BCUT2D eigenvalue weighted by Gasteiger charge is -2.21. The number of anilines is 1. The minimum absolute atomic E-state index is 0.0758. The molecule has 2 aromatic carbocycles. The van der Waals surface area contributed by atoms with Crippen LogP contribution in [0.4, 0.5) is 5.69 Å². The van der Waals surface area contributed by atoms with Gasteiger partial charge < -0.3 is 14.4 Å². The smallest absolute Gasteiger partial charge is 0.258 e. The van der Waals surface area contributed by atoms with Gasteiger partial charge in [0, 0.05) is 18.3 Å².